The van der Waals surface area contributed by atoms with E-state index in [1.807, 2.05) is 0 Å². The number of aromatic nitrogens is 2. The van der Waals surface area contributed by atoms with Crippen LogP contribution < -0.4 is 10.6 Å². The molecule has 1 aromatic carbocycles. The van der Waals surface area contributed by atoms with Crippen molar-refractivity contribution in [2.24, 2.45) is 7.05 Å². The number of thiophene rings is 1. The molecular formula is C16H13FN4O2S. The van der Waals surface area contributed by atoms with Crippen LogP contribution in [0.15, 0.2) is 47.8 Å². The molecule has 2 aromatic heterocycles. The van der Waals surface area contributed by atoms with Crippen LogP contribution in [-0.2, 0) is 7.05 Å². The molecule has 0 aliphatic carbocycles. The molecule has 6 nitrogen and oxygen atoms in total. The number of benzene rings is 1. The van der Waals surface area contributed by atoms with Gasteiger partial charge in [0.25, 0.3) is 11.8 Å². The van der Waals surface area contributed by atoms with E-state index in [2.05, 4.69) is 15.7 Å². The molecule has 24 heavy (non-hydrogen) atoms. The average Bonchev–Trinajstić information content (AvgIpc) is 3.20. The van der Waals surface area contributed by atoms with E-state index < -0.39 is 5.91 Å². The SMILES string of the molecule is Cn1nc(C(=O)Nc2ccc(F)cc2)cc1NC(=O)c1cccs1. The molecule has 0 saturated heterocycles. The minimum atomic E-state index is -0.450. The zero-order valence-corrected chi connectivity index (χ0v) is 13.4. The van der Waals surface area contributed by atoms with E-state index in [0.29, 0.717) is 16.4 Å². The fraction of sp³-hybridized carbons (Fsp3) is 0.0625. The third kappa shape index (κ3) is 3.49. The Morgan fingerprint density at radius 3 is 2.54 bits per heavy atom. The predicted octanol–water partition coefficient (Wildman–Crippen LogP) is 3.13. The Kier molecular flexibility index (Phi) is 4.39. The molecule has 122 valence electrons. The Bertz CT molecular complexity index is 872. The molecule has 0 spiro atoms. The van der Waals surface area contributed by atoms with Crippen molar-refractivity contribution < 1.29 is 14.0 Å². The second-order valence-corrected chi connectivity index (χ2v) is 5.88. The summed E-state index contributed by atoms with van der Waals surface area (Å²) in [5.41, 5.74) is 0.597. The molecule has 0 fully saturated rings. The van der Waals surface area contributed by atoms with E-state index in [0.717, 1.165) is 0 Å². The standard InChI is InChI=1S/C16H13FN4O2S/c1-21-14(19-16(23)13-3-2-8-24-13)9-12(20-21)15(22)18-11-6-4-10(17)5-7-11/h2-9H,1H3,(H,18,22)(H,19,23). The molecule has 0 radical (unpaired) electrons. The van der Waals surface area contributed by atoms with Gasteiger partial charge in [0.2, 0.25) is 0 Å². The lowest BCUT2D eigenvalue weighted by molar-refractivity contribution is 0.101. The van der Waals surface area contributed by atoms with Gasteiger partial charge in [0.05, 0.1) is 4.88 Å². The van der Waals surface area contributed by atoms with Gasteiger partial charge in [-0.25, -0.2) is 4.39 Å². The molecule has 3 rings (SSSR count). The van der Waals surface area contributed by atoms with Crippen molar-refractivity contribution in [2.45, 2.75) is 0 Å². The number of aryl methyl sites for hydroxylation is 1. The smallest absolute Gasteiger partial charge is 0.276 e. The van der Waals surface area contributed by atoms with Gasteiger partial charge in [0.15, 0.2) is 5.69 Å². The summed E-state index contributed by atoms with van der Waals surface area (Å²) in [5, 5.41) is 11.2. The predicted molar refractivity (Wildman–Crippen MR) is 89.8 cm³/mol. The first-order valence-electron chi connectivity index (χ1n) is 6.99. The van der Waals surface area contributed by atoms with Gasteiger partial charge in [0, 0.05) is 18.8 Å². The molecule has 3 aromatic rings. The lowest BCUT2D eigenvalue weighted by Gasteiger charge is -2.02. The maximum absolute atomic E-state index is 12.9. The third-order valence-electron chi connectivity index (χ3n) is 3.20. The van der Waals surface area contributed by atoms with Crippen molar-refractivity contribution in [1.82, 2.24) is 9.78 Å². The number of nitrogens with one attached hydrogen (secondary N) is 2. The number of hydrogen-bond donors (Lipinski definition) is 2. The van der Waals surface area contributed by atoms with Crippen molar-refractivity contribution in [1.29, 1.82) is 0 Å². The van der Waals surface area contributed by atoms with Gasteiger partial charge in [-0.1, -0.05) is 6.07 Å². The number of nitrogens with zero attached hydrogens (tertiary/aromatic N) is 2. The van der Waals surface area contributed by atoms with Crippen LogP contribution in [-0.4, -0.2) is 21.6 Å². The van der Waals surface area contributed by atoms with Crippen molar-refractivity contribution in [3.8, 4) is 0 Å². The van der Waals surface area contributed by atoms with Gasteiger partial charge in [-0.15, -0.1) is 11.3 Å². The van der Waals surface area contributed by atoms with Gasteiger partial charge in [-0.05, 0) is 35.7 Å². The van der Waals surface area contributed by atoms with Gasteiger partial charge in [0.1, 0.15) is 11.6 Å². The van der Waals surface area contributed by atoms with Crippen LogP contribution >= 0.6 is 11.3 Å². The van der Waals surface area contributed by atoms with E-state index in [9.17, 15) is 14.0 Å². The molecule has 2 heterocycles. The zero-order chi connectivity index (χ0) is 17.1. The first-order valence-corrected chi connectivity index (χ1v) is 7.87. The normalized spacial score (nSPS) is 10.4. The van der Waals surface area contributed by atoms with E-state index in [-0.39, 0.29) is 17.4 Å². The van der Waals surface area contributed by atoms with Crippen LogP contribution in [0, 0.1) is 5.82 Å². The Balaban J connectivity index is 1.72. The summed E-state index contributed by atoms with van der Waals surface area (Å²) in [4.78, 5) is 24.8. The number of carbonyl (C=O) groups is 2. The van der Waals surface area contributed by atoms with E-state index >= 15 is 0 Å². The van der Waals surface area contributed by atoms with Crippen LogP contribution in [0.1, 0.15) is 20.2 Å². The summed E-state index contributed by atoms with van der Waals surface area (Å²) >= 11 is 1.32. The Hall–Kier alpha value is -3.00. The number of amides is 2. The summed E-state index contributed by atoms with van der Waals surface area (Å²) in [6, 6.07) is 10.4. The molecule has 8 heteroatoms. The van der Waals surface area contributed by atoms with E-state index in [4.69, 9.17) is 0 Å². The number of carbonyl (C=O) groups excluding carboxylic acids is 2. The topological polar surface area (TPSA) is 76.0 Å². The van der Waals surface area contributed by atoms with Crippen molar-refractivity contribution in [2.75, 3.05) is 10.6 Å². The summed E-state index contributed by atoms with van der Waals surface area (Å²) in [6.07, 6.45) is 0. The highest BCUT2D eigenvalue weighted by atomic mass is 32.1. The monoisotopic (exact) mass is 344 g/mol. The third-order valence-corrected chi connectivity index (χ3v) is 4.07. The Morgan fingerprint density at radius 2 is 1.88 bits per heavy atom. The first-order chi connectivity index (χ1) is 11.5. The van der Waals surface area contributed by atoms with Gasteiger partial charge >= 0.3 is 0 Å². The lowest BCUT2D eigenvalue weighted by atomic mass is 10.3. The summed E-state index contributed by atoms with van der Waals surface area (Å²) < 4.78 is 14.3. The molecule has 2 amide bonds. The molecule has 0 aliphatic heterocycles. The molecular weight excluding hydrogens is 331 g/mol. The van der Waals surface area contributed by atoms with E-state index in [1.165, 1.54) is 46.4 Å². The molecule has 2 N–H and O–H groups in total. The second-order valence-electron chi connectivity index (χ2n) is 4.93. The zero-order valence-electron chi connectivity index (χ0n) is 12.6. The second kappa shape index (κ2) is 6.63. The molecule has 0 bridgehead atoms. The van der Waals surface area contributed by atoms with Crippen LogP contribution in [0.2, 0.25) is 0 Å². The van der Waals surface area contributed by atoms with Crippen molar-refractivity contribution in [3.63, 3.8) is 0 Å². The van der Waals surface area contributed by atoms with Crippen molar-refractivity contribution in [3.05, 3.63) is 64.2 Å². The van der Waals surface area contributed by atoms with E-state index in [1.54, 1.807) is 24.6 Å². The maximum Gasteiger partial charge on any atom is 0.276 e. The molecule has 0 aliphatic rings. The Labute approximate surface area is 140 Å². The largest absolute Gasteiger partial charge is 0.321 e. The van der Waals surface area contributed by atoms with Gasteiger partial charge < -0.3 is 10.6 Å². The number of hydrogen-bond acceptors (Lipinski definition) is 4. The fourth-order valence-electron chi connectivity index (χ4n) is 2.01. The molecule has 0 atom stereocenters. The number of rotatable bonds is 4. The summed E-state index contributed by atoms with van der Waals surface area (Å²) in [6.45, 7) is 0. The summed E-state index contributed by atoms with van der Waals surface area (Å²) in [7, 11) is 1.62. The van der Waals surface area contributed by atoms with Crippen LogP contribution in [0.3, 0.4) is 0 Å². The molecule has 0 unspecified atom stereocenters. The highest BCUT2D eigenvalue weighted by molar-refractivity contribution is 7.12. The molecule has 0 saturated carbocycles. The van der Waals surface area contributed by atoms with Gasteiger partial charge in [-0.3, -0.25) is 14.3 Å². The minimum Gasteiger partial charge on any atom is -0.321 e. The highest BCUT2D eigenvalue weighted by Gasteiger charge is 2.15. The Morgan fingerprint density at radius 1 is 1.12 bits per heavy atom. The van der Waals surface area contributed by atoms with Crippen LogP contribution in [0.25, 0.3) is 0 Å². The first kappa shape index (κ1) is 15.9. The highest BCUT2D eigenvalue weighted by Crippen LogP contribution is 2.15. The maximum atomic E-state index is 12.9. The number of halogens is 1. The van der Waals surface area contributed by atoms with Crippen LogP contribution in [0.5, 0.6) is 0 Å². The average molecular weight is 344 g/mol. The number of anilines is 2. The minimum absolute atomic E-state index is 0.142. The quantitative estimate of drug-likeness (QED) is 0.763. The summed E-state index contributed by atoms with van der Waals surface area (Å²) in [5.74, 6) is -0.700. The van der Waals surface area contributed by atoms with Crippen LogP contribution in [0.4, 0.5) is 15.9 Å². The lowest BCUT2D eigenvalue weighted by Crippen LogP contribution is -2.13. The van der Waals surface area contributed by atoms with Crippen molar-refractivity contribution >= 4 is 34.7 Å². The van der Waals surface area contributed by atoms with Gasteiger partial charge in [-0.2, -0.15) is 5.10 Å². The fourth-order valence-corrected chi connectivity index (χ4v) is 2.63.